The average molecular weight is 395 g/mol. The van der Waals surface area contributed by atoms with E-state index < -0.39 is 0 Å². The fraction of sp³-hybridized carbons (Fsp3) is 0.500. The number of carbonyl (C=O) groups excluding carboxylic acids is 1. The van der Waals surface area contributed by atoms with Crippen LogP contribution in [0.15, 0.2) is 23.4 Å². The maximum absolute atomic E-state index is 12.4. The molecule has 0 radical (unpaired) electrons. The van der Waals surface area contributed by atoms with Crippen LogP contribution in [0.1, 0.15) is 44.0 Å². The average Bonchev–Trinajstić information content (AvgIpc) is 3.01. The lowest BCUT2D eigenvalue weighted by Gasteiger charge is -2.24. The molecular weight excluding hydrogens is 372 g/mol. The molecule has 0 aliphatic heterocycles. The van der Waals surface area contributed by atoms with Gasteiger partial charge in [0.15, 0.2) is 5.16 Å². The second kappa shape index (κ2) is 8.77. The number of amides is 1. The van der Waals surface area contributed by atoms with Crippen molar-refractivity contribution in [2.45, 2.75) is 50.2 Å². The number of aromatic nitrogens is 3. The van der Waals surface area contributed by atoms with Gasteiger partial charge in [-0.15, -0.1) is 10.2 Å². The van der Waals surface area contributed by atoms with Crippen LogP contribution in [0.3, 0.4) is 0 Å². The lowest BCUT2D eigenvalue weighted by molar-refractivity contribution is -0.113. The topological polar surface area (TPSA) is 69.0 Å². The van der Waals surface area contributed by atoms with Crippen molar-refractivity contribution in [1.29, 1.82) is 0 Å². The molecule has 0 unspecified atom stereocenters. The van der Waals surface area contributed by atoms with E-state index in [-0.39, 0.29) is 11.7 Å². The number of thioether (sulfide) groups is 1. The number of rotatable bonds is 6. The Hall–Kier alpha value is -1.73. The van der Waals surface area contributed by atoms with E-state index in [1.165, 1.54) is 31.0 Å². The molecule has 140 valence electrons. The van der Waals surface area contributed by atoms with Crippen molar-refractivity contribution in [1.82, 2.24) is 14.8 Å². The fourth-order valence-electron chi connectivity index (χ4n) is 3.30. The number of ether oxygens (including phenoxy) is 1. The first-order valence-corrected chi connectivity index (χ1v) is 10.1. The molecular formula is C18H23ClN4O2S. The molecule has 1 amide bonds. The van der Waals surface area contributed by atoms with Crippen LogP contribution < -0.4 is 10.1 Å². The lowest BCUT2D eigenvalue weighted by Crippen LogP contribution is -2.17. The molecule has 0 spiro atoms. The van der Waals surface area contributed by atoms with Crippen LogP contribution in [0.4, 0.5) is 5.69 Å². The smallest absolute Gasteiger partial charge is 0.234 e. The Balaban J connectivity index is 1.64. The van der Waals surface area contributed by atoms with Crippen LogP contribution in [0, 0.1) is 6.92 Å². The van der Waals surface area contributed by atoms with Crippen molar-refractivity contribution < 1.29 is 9.53 Å². The van der Waals surface area contributed by atoms with E-state index in [0.29, 0.717) is 22.5 Å². The summed E-state index contributed by atoms with van der Waals surface area (Å²) in [6.45, 7) is 1.97. The number of hydrogen-bond acceptors (Lipinski definition) is 5. The zero-order chi connectivity index (χ0) is 18.5. The maximum Gasteiger partial charge on any atom is 0.234 e. The highest BCUT2D eigenvalue weighted by atomic mass is 35.5. The first-order chi connectivity index (χ1) is 12.6. The highest BCUT2D eigenvalue weighted by molar-refractivity contribution is 7.99. The number of benzene rings is 1. The quantitative estimate of drug-likeness (QED) is 0.731. The van der Waals surface area contributed by atoms with E-state index in [4.69, 9.17) is 16.3 Å². The zero-order valence-corrected chi connectivity index (χ0v) is 16.6. The second-order valence-corrected chi connectivity index (χ2v) is 7.75. The SMILES string of the molecule is COc1ccc(Cl)cc1NC(=O)CSc1nnc(C)n1C1CCCCC1. The third kappa shape index (κ3) is 4.51. The maximum atomic E-state index is 12.4. The summed E-state index contributed by atoms with van der Waals surface area (Å²) in [7, 11) is 1.56. The van der Waals surface area contributed by atoms with Crippen LogP contribution in [-0.4, -0.2) is 33.5 Å². The van der Waals surface area contributed by atoms with Gasteiger partial charge in [-0.2, -0.15) is 0 Å². The molecule has 1 saturated carbocycles. The predicted octanol–water partition coefficient (Wildman–Crippen LogP) is 4.48. The molecule has 1 fully saturated rings. The fourth-order valence-corrected chi connectivity index (χ4v) is 4.33. The number of nitrogens with zero attached hydrogens (tertiary/aromatic N) is 3. The van der Waals surface area contributed by atoms with E-state index >= 15 is 0 Å². The van der Waals surface area contributed by atoms with E-state index in [1.54, 1.807) is 25.3 Å². The Kier molecular flexibility index (Phi) is 6.43. The van der Waals surface area contributed by atoms with Gasteiger partial charge in [0, 0.05) is 11.1 Å². The summed E-state index contributed by atoms with van der Waals surface area (Å²) >= 11 is 7.42. The number of methoxy groups -OCH3 is 1. The van der Waals surface area contributed by atoms with Gasteiger partial charge in [0.05, 0.1) is 18.6 Å². The highest BCUT2D eigenvalue weighted by Gasteiger charge is 2.22. The van der Waals surface area contributed by atoms with Crippen molar-refractivity contribution in [3.05, 3.63) is 29.0 Å². The molecule has 2 aromatic rings. The van der Waals surface area contributed by atoms with Gasteiger partial charge in [-0.3, -0.25) is 4.79 Å². The van der Waals surface area contributed by atoms with Gasteiger partial charge in [0.25, 0.3) is 0 Å². The largest absolute Gasteiger partial charge is 0.495 e. The highest BCUT2D eigenvalue weighted by Crippen LogP contribution is 2.33. The number of carbonyl (C=O) groups is 1. The predicted molar refractivity (Wildman–Crippen MR) is 104 cm³/mol. The molecule has 3 rings (SSSR count). The number of anilines is 1. The van der Waals surface area contributed by atoms with E-state index in [0.717, 1.165) is 23.8 Å². The zero-order valence-electron chi connectivity index (χ0n) is 15.0. The van der Waals surface area contributed by atoms with Crippen molar-refractivity contribution in [3.8, 4) is 5.75 Å². The molecule has 0 saturated heterocycles. The summed E-state index contributed by atoms with van der Waals surface area (Å²) < 4.78 is 7.45. The third-order valence-electron chi connectivity index (χ3n) is 4.54. The van der Waals surface area contributed by atoms with Gasteiger partial charge in [0.2, 0.25) is 5.91 Å². The van der Waals surface area contributed by atoms with Crippen molar-refractivity contribution in [2.75, 3.05) is 18.2 Å². The van der Waals surface area contributed by atoms with Gasteiger partial charge >= 0.3 is 0 Å². The first kappa shape index (κ1) is 19.0. The van der Waals surface area contributed by atoms with Gasteiger partial charge in [0.1, 0.15) is 11.6 Å². The minimum atomic E-state index is -0.133. The molecule has 1 aromatic carbocycles. The van der Waals surface area contributed by atoms with Crippen LogP contribution in [0.2, 0.25) is 5.02 Å². The Morgan fingerprint density at radius 3 is 2.85 bits per heavy atom. The summed E-state index contributed by atoms with van der Waals surface area (Å²) in [5, 5.41) is 12.7. The van der Waals surface area contributed by atoms with Crippen LogP contribution >= 0.6 is 23.4 Å². The number of halogens is 1. The monoisotopic (exact) mass is 394 g/mol. The minimum absolute atomic E-state index is 0.133. The lowest BCUT2D eigenvalue weighted by atomic mass is 9.95. The van der Waals surface area contributed by atoms with Gasteiger partial charge < -0.3 is 14.6 Å². The van der Waals surface area contributed by atoms with Gasteiger partial charge in [-0.05, 0) is 38.0 Å². The number of aryl methyl sites for hydroxylation is 1. The molecule has 1 aliphatic carbocycles. The van der Waals surface area contributed by atoms with Crippen LogP contribution in [-0.2, 0) is 4.79 Å². The van der Waals surface area contributed by atoms with E-state index in [2.05, 4.69) is 20.1 Å². The number of nitrogens with one attached hydrogen (secondary N) is 1. The van der Waals surface area contributed by atoms with Crippen LogP contribution in [0.25, 0.3) is 0 Å². The van der Waals surface area contributed by atoms with Crippen molar-refractivity contribution in [2.24, 2.45) is 0 Å². The Bertz CT molecular complexity index is 775. The molecule has 1 aromatic heterocycles. The summed E-state index contributed by atoms with van der Waals surface area (Å²) in [6, 6.07) is 5.57. The summed E-state index contributed by atoms with van der Waals surface area (Å²) in [6.07, 6.45) is 6.07. The molecule has 0 atom stereocenters. The molecule has 1 N–H and O–H groups in total. The molecule has 0 bridgehead atoms. The number of hydrogen-bond donors (Lipinski definition) is 1. The molecule has 1 heterocycles. The van der Waals surface area contributed by atoms with E-state index in [1.807, 2.05) is 6.92 Å². The minimum Gasteiger partial charge on any atom is -0.495 e. The summed E-state index contributed by atoms with van der Waals surface area (Å²) in [5.41, 5.74) is 0.565. The Morgan fingerprint density at radius 1 is 1.35 bits per heavy atom. The molecule has 6 nitrogen and oxygen atoms in total. The summed E-state index contributed by atoms with van der Waals surface area (Å²) in [5.74, 6) is 1.61. The first-order valence-electron chi connectivity index (χ1n) is 8.76. The molecule has 1 aliphatic rings. The molecule has 26 heavy (non-hydrogen) atoms. The van der Waals surface area contributed by atoms with Gasteiger partial charge in [-0.1, -0.05) is 42.6 Å². The normalized spacial score (nSPS) is 15.0. The third-order valence-corrected chi connectivity index (χ3v) is 5.72. The molecule has 8 heteroatoms. The standard InChI is InChI=1S/C18H23ClN4O2S/c1-12-21-22-18(23(12)14-6-4-3-5-7-14)26-11-17(24)20-15-10-13(19)8-9-16(15)25-2/h8-10,14H,3-7,11H2,1-2H3,(H,20,24). The van der Waals surface area contributed by atoms with E-state index in [9.17, 15) is 4.79 Å². The summed E-state index contributed by atoms with van der Waals surface area (Å²) in [4.78, 5) is 12.4. The van der Waals surface area contributed by atoms with Crippen molar-refractivity contribution in [3.63, 3.8) is 0 Å². The van der Waals surface area contributed by atoms with Gasteiger partial charge in [-0.25, -0.2) is 0 Å². The van der Waals surface area contributed by atoms with Crippen LogP contribution in [0.5, 0.6) is 5.75 Å². The Morgan fingerprint density at radius 2 is 2.12 bits per heavy atom. The van der Waals surface area contributed by atoms with Crippen molar-refractivity contribution >= 4 is 35.0 Å². The Labute approximate surface area is 162 Å². The second-order valence-electron chi connectivity index (χ2n) is 6.37.